The highest BCUT2D eigenvalue weighted by molar-refractivity contribution is 7.15. The summed E-state index contributed by atoms with van der Waals surface area (Å²) in [5, 5.41) is 6.86. The zero-order valence-corrected chi connectivity index (χ0v) is 11.1. The zero-order valence-electron chi connectivity index (χ0n) is 9.56. The maximum atomic E-state index is 5.87. The Morgan fingerprint density at radius 2 is 1.94 bits per heavy atom. The van der Waals surface area contributed by atoms with E-state index < -0.39 is 0 Å². The molecule has 0 unspecified atom stereocenters. The lowest BCUT2D eigenvalue weighted by molar-refractivity contribution is 1.11. The normalized spacial score (nSPS) is 10.7. The van der Waals surface area contributed by atoms with E-state index in [1.165, 1.54) is 22.1 Å². The van der Waals surface area contributed by atoms with E-state index in [0.29, 0.717) is 6.54 Å². The molecule has 4 heteroatoms. The molecule has 0 aliphatic carbocycles. The van der Waals surface area contributed by atoms with Gasteiger partial charge in [-0.2, -0.15) is 0 Å². The van der Waals surface area contributed by atoms with Gasteiger partial charge < -0.3 is 5.32 Å². The van der Waals surface area contributed by atoms with Crippen molar-refractivity contribution in [1.82, 2.24) is 4.98 Å². The summed E-state index contributed by atoms with van der Waals surface area (Å²) in [6, 6.07) is 14.6. The Bertz CT molecular complexity index is 673. The minimum Gasteiger partial charge on any atom is -0.378 e. The second kappa shape index (κ2) is 4.96. The average molecular weight is 275 g/mol. The van der Waals surface area contributed by atoms with Gasteiger partial charge in [0, 0.05) is 11.1 Å². The number of anilines is 1. The summed E-state index contributed by atoms with van der Waals surface area (Å²) in [4.78, 5) is 4.23. The molecular formula is C14H11ClN2S. The Hall–Kier alpha value is -1.58. The molecule has 2 aromatic carbocycles. The summed E-state index contributed by atoms with van der Waals surface area (Å²) in [6.45, 7) is 0.700. The van der Waals surface area contributed by atoms with Crippen LogP contribution in [0.5, 0.6) is 0 Å². The van der Waals surface area contributed by atoms with Crippen LogP contribution in [0.3, 0.4) is 0 Å². The van der Waals surface area contributed by atoms with E-state index in [2.05, 4.69) is 40.6 Å². The van der Waals surface area contributed by atoms with Crippen LogP contribution < -0.4 is 5.32 Å². The Kier molecular flexibility index (Phi) is 3.17. The Morgan fingerprint density at radius 1 is 1.11 bits per heavy atom. The number of hydrogen-bond acceptors (Lipinski definition) is 3. The topological polar surface area (TPSA) is 24.9 Å². The fraction of sp³-hybridized carbons (Fsp3) is 0.0714. The van der Waals surface area contributed by atoms with Crippen molar-refractivity contribution in [1.29, 1.82) is 0 Å². The van der Waals surface area contributed by atoms with E-state index in [1.54, 1.807) is 6.20 Å². The zero-order chi connectivity index (χ0) is 12.4. The van der Waals surface area contributed by atoms with Gasteiger partial charge in [0.25, 0.3) is 0 Å². The highest BCUT2D eigenvalue weighted by Crippen LogP contribution is 2.24. The van der Waals surface area contributed by atoms with Crippen LogP contribution in [-0.4, -0.2) is 4.98 Å². The second-order valence-electron chi connectivity index (χ2n) is 3.94. The molecule has 2 nitrogen and oxygen atoms in total. The molecule has 0 amide bonds. The van der Waals surface area contributed by atoms with Gasteiger partial charge >= 0.3 is 0 Å². The van der Waals surface area contributed by atoms with Gasteiger partial charge in [-0.3, -0.25) is 0 Å². The van der Waals surface area contributed by atoms with Crippen molar-refractivity contribution in [3.8, 4) is 0 Å². The van der Waals surface area contributed by atoms with Crippen LogP contribution in [0, 0.1) is 0 Å². The van der Waals surface area contributed by atoms with E-state index in [9.17, 15) is 0 Å². The molecule has 0 saturated heterocycles. The van der Waals surface area contributed by atoms with Crippen molar-refractivity contribution in [2.75, 3.05) is 5.32 Å². The molecule has 3 aromatic rings. The van der Waals surface area contributed by atoms with Crippen molar-refractivity contribution in [3.05, 3.63) is 58.0 Å². The molecule has 0 aliphatic heterocycles. The van der Waals surface area contributed by atoms with Crippen LogP contribution >= 0.6 is 22.9 Å². The number of thiazole rings is 1. The molecule has 0 radical (unpaired) electrons. The molecular weight excluding hydrogens is 264 g/mol. The van der Waals surface area contributed by atoms with Crippen LogP contribution in [0.1, 0.15) is 5.01 Å². The van der Waals surface area contributed by atoms with Crippen molar-refractivity contribution >= 4 is 39.4 Å². The first-order chi connectivity index (χ1) is 8.83. The summed E-state index contributed by atoms with van der Waals surface area (Å²) < 4.78 is 0.727. The molecule has 0 atom stereocenters. The summed E-state index contributed by atoms with van der Waals surface area (Å²) in [5.74, 6) is 0. The molecule has 0 fully saturated rings. The van der Waals surface area contributed by atoms with E-state index in [-0.39, 0.29) is 0 Å². The molecule has 1 heterocycles. The van der Waals surface area contributed by atoms with Crippen molar-refractivity contribution in [2.24, 2.45) is 0 Å². The standard InChI is InChI=1S/C14H11ClN2S/c15-13-8-17-14(18-13)9-16-12-7-3-5-10-4-1-2-6-11(10)12/h1-8,16H,9H2. The van der Waals surface area contributed by atoms with Crippen LogP contribution in [-0.2, 0) is 6.54 Å². The first kappa shape index (κ1) is 11.5. The van der Waals surface area contributed by atoms with Crippen LogP contribution in [0.4, 0.5) is 5.69 Å². The SMILES string of the molecule is Clc1cnc(CNc2cccc3ccccc23)s1. The molecule has 1 N–H and O–H groups in total. The second-order valence-corrected chi connectivity index (χ2v) is 5.68. The maximum Gasteiger partial charge on any atom is 0.113 e. The molecule has 3 rings (SSSR count). The Morgan fingerprint density at radius 3 is 2.78 bits per heavy atom. The van der Waals surface area contributed by atoms with Gasteiger partial charge in [-0.05, 0) is 11.5 Å². The van der Waals surface area contributed by atoms with Gasteiger partial charge in [0.05, 0.1) is 12.7 Å². The number of aromatic nitrogens is 1. The Balaban J connectivity index is 1.86. The number of benzene rings is 2. The molecule has 1 aromatic heterocycles. The first-order valence-electron chi connectivity index (χ1n) is 5.65. The lowest BCUT2D eigenvalue weighted by Crippen LogP contribution is -1.99. The number of hydrogen-bond donors (Lipinski definition) is 1. The predicted molar refractivity (Wildman–Crippen MR) is 78.4 cm³/mol. The van der Waals surface area contributed by atoms with E-state index in [1.807, 2.05) is 12.1 Å². The van der Waals surface area contributed by atoms with E-state index in [0.717, 1.165) is 15.0 Å². The smallest absolute Gasteiger partial charge is 0.113 e. The maximum absolute atomic E-state index is 5.87. The van der Waals surface area contributed by atoms with Gasteiger partial charge in [-0.15, -0.1) is 11.3 Å². The van der Waals surface area contributed by atoms with Gasteiger partial charge in [-0.25, -0.2) is 4.98 Å². The van der Waals surface area contributed by atoms with Crippen molar-refractivity contribution in [2.45, 2.75) is 6.54 Å². The third-order valence-electron chi connectivity index (χ3n) is 2.75. The third kappa shape index (κ3) is 2.33. The molecule has 0 bridgehead atoms. The van der Waals surface area contributed by atoms with Gasteiger partial charge in [0.1, 0.15) is 9.34 Å². The van der Waals surface area contributed by atoms with Crippen molar-refractivity contribution in [3.63, 3.8) is 0 Å². The number of nitrogens with zero attached hydrogens (tertiary/aromatic N) is 1. The third-order valence-corrected chi connectivity index (χ3v) is 3.86. The summed E-state index contributed by atoms with van der Waals surface area (Å²) >= 11 is 7.37. The highest BCUT2D eigenvalue weighted by atomic mass is 35.5. The summed E-state index contributed by atoms with van der Waals surface area (Å²) in [5.41, 5.74) is 1.12. The van der Waals surface area contributed by atoms with Gasteiger partial charge in [0.15, 0.2) is 0 Å². The van der Waals surface area contributed by atoms with E-state index in [4.69, 9.17) is 11.6 Å². The van der Waals surface area contributed by atoms with Gasteiger partial charge in [0.2, 0.25) is 0 Å². The fourth-order valence-corrected chi connectivity index (χ4v) is 2.82. The lowest BCUT2D eigenvalue weighted by Gasteiger charge is -2.08. The van der Waals surface area contributed by atoms with Gasteiger partial charge in [-0.1, -0.05) is 48.0 Å². The average Bonchev–Trinajstić information content (AvgIpc) is 2.82. The fourth-order valence-electron chi connectivity index (χ4n) is 1.92. The molecule has 90 valence electrons. The van der Waals surface area contributed by atoms with E-state index >= 15 is 0 Å². The van der Waals surface area contributed by atoms with Crippen LogP contribution in [0.25, 0.3) is 10.8 Å². The summed E-state index contributed by atoms with van der Waals surface area (Å²) in [7, 11) is 0. The molecule has 0 spiro atoms. The van der Waals surface area contributed by atoms with Crippen molar-refractivity contribution < 1.29 is 0 Å². The van der Waals surface area contributed by atoms with Crippen LogP contribution in [0.15, 0.2) is 48.7 Å². The largest absolute Gasteiger partial charge is 0.378 e. The summed E-state index contributed by atoms with van der Waals surface area (Å²) in [6.07, 6.45) is 1.69. The minimum absolute atomic E-state index is 0.700. The van der Waals surface area contributed by atoms with Crippen LogP contribution in [0.2, 0.25) is 4.34 Å². The number of fused-ring (bicyclic) bond motifs is 1. The predicted octanol–water partition coefficient (Wildman–Crippen LogP) is 4.56. The molecule has 0 aliphatic rings. The number of halogens is 1. The number of rotatable bonds is 3. The monoisotopic (exact) mass is 274 g/mol. The Labute approximate surface area is 114 Å². The quantitative estimate of drug-likeness (QED) is 0.757. The number of nitrogens with one attached hydrogen (secondary N) is 1. The lowest BCUT2D eigenvalue weighted by atomic mass is 10.1. The minimum atomic E-state index is 0.700. The highest BCUT2D eigenvalue weighted by Gasteiger charge is 2.02. The molecule has 0 saturated carbocycles. The molecule has 18 heavy (non-hydrogen) atoms. The first-order valence-corrected chi connectivity index (χ1v) is 6.84.